The number of benzene rings is 9. The first-order chi connectivity index (χ1) is 37.0. The van der Waals surface area contributed by atoms with Gasteiger partial charge in [-0.05, 0) is 145 Å². The van der Waals surface area contributed by atoms with E-state index < -0.39 is 0 Å². The number of rotatable bonds is 2. The number of aromatic nitrogens is 2. The molecule has 0 aliphatic carbocycles. The second-order valence-electron chi connectivity index (χ2n) is 24.2. The van der Waals surface area contributed by atoms with Crippen LogP contribution in [0, 0.1) is 0 Å². The Kier molecular flexibility index (Phi) is 11.2. The molecule has 9 aromatic carbocycles. The molecule has 77 heavy (non-hydrogen) atoms. The van der Waals surface area contributed by atoms with Crippen LogP contribution in [0.5, 0.6) is 11.5 Å². The SMILES string of the molecule is CC(C)(C)c1cc2cc(c1)N1CN(c3ccccc31)c1c(-c3ccccc3)cc(C(C)(C)C)cc1-c1ccccc1-c1cccc(c1)-c1cc(C(C)(C)C)cc(n1)-n1c3ccc(-c4ccccc4)cc3c3ccc(cc31)O2. The molecule has 0 radical (unpaired) electrons. The molecule has 5 nitrogen and oxygen atoms in total. The summed E-state index contributed by atoms with van der Waals surface area (Å²) in [4.78, 5) is 10.7. The molecule has 11 aromatic rings. The quantitative estimate of drug-likeness (QED) is 0.173. The molecule has 2 aromatic heterocycles. The van der Waals surface area contributed by atoms with Gasteiger partial charge in [0.1, 0.15) is 24.0 Å². The monoisotopic (exact) mass is 1000 g/mol. The molecule has 0 spiro atoms. The van der Waals surface area contributed by atoms with Crippen molar-refractivity contribution in [3.8, 4) is 73.1 Å². The van der Waals surface area contributed by atoms with Gasteiger partial charge in [-0.2, -0.15) is 0 Å². The van der Waals surface area contributed by atoms with Gasteiger partial charge in [-0.1, -0.05) is 184 Å². The molecule has 5 heteroatoms. The molecule has 4 heterocycles. The number of anilines is 4. The fourth-order valence-electron chi connectivity index (χ4n) is 11.5. The average Bonchev–Trinajstić information content (AvgIpc) is 4.03. The highest BCUT2D eigenvalue weighted by Crippen LogP contribution is 2.53. The van der Waals surface area contributed by atoms with Crippen LogP contribution in [0.1, 0.15) is 79.0 Å². The molecular weight excluding hydrogens is 937 g/mol. The molecule has 2 aliphatic heterocycles. The largest absolute Gasteiger partial charge is 0.457 e. The summed E-state index contributed by atoms with van der Waals surface area (Å²) in [6, 6.07) is 78.3. The van der Waals surface area contributed by atoms with E-state index in [-0.39, 0.29) is 16.2 Å². The van der Waals surface area contributed by atoms with E-state index in [9.17, 15) is 0 Å². The minimum atomic E-state index is -0.180. The van der Waals surface area contributed by atoms with Crippen LogP contribution in [0.3, 0.4) is 0 Å². The molecule has 378 valence electrons. The van der Waals surface area contributed by atoms with Crippen molar-refractivity contribution in [2.24, 2.45) is 0 Å². The number of hydrogen-bond acceptors (Lipinski definition) is 4. The van der Waals surface area contributed by atoms with Crippen molar-refractivity contribution < 1.29 is 4.74 Å². The number of pyridine rings is 1. The van der Waals surface area contributed by atoms with E-state index in [1.807, 2.05) is 0 Å². The van der Waals surface area contributed by atoms with E-state index in [0.29, 0.717) is 6.67 Å². The lowest BCUT2D eigenvalue weighted by molar-refractivity contribution is 0.479. The normalized spacial score (nSPS) is 13.3. The first-order valence-corrected chi connectivity index (χ1v) is 27.1. The van der Waals surface area contributed by atoms with Gasteiger partial charge in [-0.15, -0.1) is 0 Å². The number of ether oxygens (including phenoxy) is 1. The number of para-hydroxylation sites is 2. The Hall–Kier alpha value is -8.67. The summed E-state index contributed by atoms with van der Waals surface area (Å²) in [5.74, 6) is 2.40. The number of fused-ring (bicyclic) bond motifs is 23. The van der Waals surface area contributed by atoms with E-state index in [1.54, 1.807) is 0 Å². The van der Waals surface area contributed by atoms with Crippen LogP contribution < -0.4 is 14.5 Å². The number of nitrogens with zero attached hydrogens (tertiary/aromatic N) is 4. The summed E-state index contributed by atoms with van der Waals surface area (Å²) in [6.07, 6.45) is 0. The van der Waals surface area contributed by atoms with Gasteiger partial charge in [0.2, 0.25) is 0 Å². The fourth-order valence-corrected chi connectivity index (χ4v) is 11.5. The lowest BCUT2D eigenvalue weighted by atomic mass is 9.81. The van der Waals surface area contributed by atoms with Gasteiger partial charge < -0.3 is 14.5 Å². The predicted molar refractivity (Wildman–Crippen MR) is 324 cm³/mol. The Morgan fingerprint density at radius 3 is 1.71 bits per heavy atom. The van der Waals surface area contributed by atoms with Gasteiger partial charge in [-0.25, -0.2) is 4.98 Å². The van der Waals surface area contributed by atoms with Crippen molar-refractivity contribution >= 4 is 44.6 Å². The first kappa shape index (κ1) is 48.0. The zero-order valence-electron chi connectivity index (χ0n) is 45.6. The summed E-state index contributed by atoms with van der Waals surface area (Å²) < 4.78 is 9.56. The van der Waals surface area contributed by atoms with Crippen LogP contribution in [0.15, 0.2) is 212 Å². The highest BCUT2D eigenvalue weighted by molar-refractivity contribution is 6.11. The molecule has 10 bridgehead atoms. The van der Waals surface area contributed by atoms with Crippen molar-refractivity contribution in [3.63, 3.8) is 0 Å². The molecule has 0 amide bonds. The minimum Gasteiger partial charge on any atom is -0.457 e. The molecule has 0 unspecified atom stereocenters. The molecule has 0 N–H and O–H groups in total. The van der Waals surface area contributed by atoms with E-state index in [1.165, 1.54) is 55.8 Å². The second kappa shape index (κ2) is 18.0. The van der Waals surface area contributed by atoms with Gasteiger partial charge >= 0.3 is 0 Å². The van der Waals surface area contributed by atoms with Gasteiger partial charge in [0.15, 0.2) is 0 Å². The second-order valence-corrected chi connectivity index (χ2v) is 24.2. The maximum Gasteiger partial charge on any atom is 0.138 e. The van der Waals surface area contributed by atoms with Crippen LogP contribution >= 0.6 is 0 Å². The lowest BCUT2D eigenvalue weighted by Crippen LogP contribution is -2.26. The standard InChI is InChI=1S/C72H64N4O/c1-70(2,3)51-37-54-43-56(38-51)77-55-32-33-59-61-36-48(46-21-12-10-13-22-46)31-34-64(61)76(67(59)44-55)68-42-53(72(7,8)9)41-63(73-68)50-26-20-25-49(35-50)57-27-16-17-28-58(57)62-40-52(71(4,5)6)39-60(47-23-14-11-15-24-47)69(62)75-45-74(54)65-29-18-19-30-66(65)75/h10-44H,45H2,1-9H3. The van der Waals surface area contributed by atoms with Crippen molar-refractivity contribution in [1.29, 1.82) is 0 Å². The van der Waals surface area contributed by atoms with Crippen LogP contribution in [0.4, 0.5) is 22.7 Å². The Morgan fingerprint density at radius 1 is 0.377 bits per heavy atom. The van der Waals surface area contributed by atoms with Crippen LogP contribution in [0.25, 0.3) is 83.4 Å². The highest BCUT2D eigenvalue weighted by Gasteiger charge is 2.34. The van der Waals surface area contributed by atoms with E-state index in [0.717, 1.165) is 78.6 Å². The molecular formula is C72H64N4O. The summed E-state index contributed by atoms with van der Waals surface area (Å²) in [5, 5.41) is 2.29. The average molecular weight is 1000 g/mol. The van der Waals surface area contributed by atoms with E-state index >= 15 is 0 Å². The predicted octanol–water partition coefficient (Wildman–Crippen LogP) is 19.8. The molecule has 0 atom stereocenters. The van der Waals surface area contributed by atoms with E-state index in [2.05, 4.69) is 289 Å². The Labute approximate surface area is 453 Å². The lowest BCUT2D eigenvalue weighted by Gasteiger charge is -2.31. The topological polar surface area (TPSA) is 33.5 Å². The minimum absolute atomic E-state index is 0.143. The first-order valence-electron chi connectivity index (χ1n) is 27.1. The summed E-state index contributed by atoms with van der Waals surface area (Å²) in [5.41, 5.74) is 21.1. The van der Waals surface area contributed by atoms with Crippen LogP contribution in [0.2, 0.25) is 0 Å². The third-order valence-electron chi connectivity index (χ3n) is 15.8. The van der Waals surface area contributed by atoms with Crippen molar-refractivity contribution in [3.05, 3.63) is 229 Å². The summed E-state index contributed by atoms with van der Waals surface area (Å²) in [7, 11) is 0. The molecule has 0 saturated heterocycles. The molecule has 0 saturated carbocycles. The van der Waals surface area contributed by atoms with Gasteiger partial charge in [0.25, 0.3) is 0 Å². The Bertz CT molecular complexity index is 4110. The van der Waals surface area contributed by atoms with Crippen LogP contribution in [-0.4, -0.2) is 16.2 Å². The molecule has 2 aliphatic rings. The Balaban J connectivity index is 1.13. The maximum atomic E-state index is 7.20. The van der Waals surface area contributed by atoms with E-state index in [4.69, 9.17) is 9.72 Å². The highest BCUT2D eigenvalue weighted by atomic mass is 16.5. The maximum absolute atomic E-state index is 7.20. The third kappa shape index (κ3) is 8.55. The van der Waals surface area contributed by atoms with Gasteiger partial charge in [-0.3, -0.25) is 4.57 Å². The molecule has 0 fully saturated rings. The number of hydrogen-bond donors (Lipinski definition) is 0. The van der Waals surface area contributed by atoms with Gasteiger partial charge in [0, 0.05) is 45.3 Å². The van der Waals surface area contributed by atoms with Crippen LogP contribution in [-0.2, 0) is 16.2 Å². The smallest absolute Gasteiger partial charge is 0.138 e. The molecule has 13 rings (SSSR count). The zero-order chi connectivity index (χ0) is 53.0. The Morgan fingerprint density at radius 2 is 0.987 bits per heavy atom. The van der Waals surface area contributed by atoms with Gasteiger partial charge in [0.05, 0.1) is 33.8 Å². The van der Waals surface area contributed by atoms with Crippen molar-refractivity contribution in [2.75, 3.05) is 16.5 Å². The van der Waals surface area contributed by atoms with Crippen molar-refractivity contribution in [2.45, 2.75) is 78.6 Å². The summed E-state index contributed by atoms with van der Waals surface area (Å²) in [6.45, 7) is 21.3. The van der Waals surface area contributed by atoms with Crippen molar-refractivity contribution in [1.82, 2.24) is 9.55 Å². The third-order valence-corrected chi connectivity index (χ3v) is 15.8. The zero-order valence-corrected chi connectivity index (χ0v) is 45.6. The fraction of sp³-hybridized carbons (Fsp3) is 0.181. The summed E-state index contributed by atoms with van der Waals surface area (Å²) >= 11 is 0.